The first-order valence-electron chi connectivity index (χ1n) is 4.67. The van der Waals surface area contributed by atoms with Crippen molar-refractivity contribution < 1.29 is 14.0 Å². The highest BCUT2D eigenvalue weighted by Crippen LogP contribution is 2.23. The number of benzene rings is 2. The Morgan fingerprint density at radius 3 is 1.31 bits per heavy atom. The maximum atomic E-state index is 12.7. The van der Waals surface area contributed by atoms with Gasteiger partial charge in [-0.05, 0) is 48.5 Å². The largest absolute Gasteiger partial charge is 0.284 e. The Morgan fingerprint density at radius 1 is 0.688 bits per heavy atom. The molecule has 0 heterocycles. The van der Waals surface area contributed by atoms with Crippen LogP contribution in [0.5, 0.6) is 0 Å². The Bertz CT molecular complexity index is 422. The van der Waals surface area contributed by atoms with Gasteiger partial charge in [-0.15, -0.1) is 0 Å². The smallest absolute Gasteiger partial charge is 0.123 e. The fourth-order valence-electron chi connectivity index (χ4n) is 1.31. The Balaban J connectivity index is 2.28. The van der Waals surface area contributed by atoms with Crippen LogP contribution in [0.1, 0.15) is 0 Å². The quantitative estimate of drug-likeness (QED) is 0.784. The van der Waals surface area contributed by atoms with Gasteiger partial charge >= 0.3 is 0 Å². The second kappa shape index (κ2) is 4.28. The van der Waals surface area contributed by atoms with Gasteiger partial charge in [0.25, 0.3) is 0 Å². The summed E-state index contributed by atoms with van der Waals surface area (Å²) in [5.74, 6) is -0.757. The van der Waals surface area contributed by atoms with Crippen molar-refractivity contribution in [2.45, 2.75) is 0 Å². The molecule has 0 atom stereocenters. The molecule has 0 saturated carbocycles. The molecule has 2 aromatic carbocycles. The van der Waals surface area contributed by atoms with E-state index in [-0.39, 0.29) is 11.6 Å². The summed E-state index contributed by atoms with van der Waals surface area (Å²) in [5.41, 5.74) is 0.820. The van der Waals surface area contributed by atoms with Crippen molar-refractivity contribution in [2.24, 2.45) is 0 Å². The summed E-state index contributed by atoms with van der Waals surface area (Å²) in [5, 5.41) is 10.6. The predicted molar refractivity (Wildman–Crippen MR) is 56.7 cm³/mol. The average Bonchev–Trinajstić information content (AvgIpc) is 2.30. The van der Waals surface area contributed by atoms with Crippen LogP contribution in [0.2, 0.25) is 0 Å². The Hall–Kier alpha value is -1.94. The van der Waals surface area contributed by atoms with Gasteiger partial charge in [-0.2, -0.15) is 0 Å². The molecule has 0 aliphatic carbocycles. The molecule has 16 heavy (non-hydrogen) atoms. The number of halogens is 2. The maximum absolute atomic E-state index is 12.7. The highest BCUT2D eigenvalue weighted by atomic mass is 19.1. The van der Waals surface area contributed by atoms with Crippen molar-refractivity contribution >= 4 is 11.4 Å². The van der Waals surface area contributed by atoms with Crippen LogP contribution >= 0.6 is 0 Å². The van der Waals surface area contributed by atoms with E-state index < -0.39 is 0 Å². The Kier molecular flexibility index (Phi) is 2.83. The van der Waals surface area contributed by atoms with Crippen molar-refractivity contribution in [3.8, 4) is 0 Å². The van der Waals surface area contributed by atoms with Crippen molar-refractivity contribution in [1.29, 1.82) is 0 Å². The molecular weight excluding hydrogens is 212 g/mol. The van der Waals surface area contributed by atoms with E-state index in [0.29, 0.717) is 11.4 Å². The maximum Gasteiger partial charge on any atom is 0.123 e. The van der Waals surface area contributed by atoms with Crippen LogP contribution in [0.25, 0.3) is 0 Å². The van der Waals surface area contributed by atoms with E-state index in [1.54, 1.807) is 0 Å². The van der Waals surface area contributed by atoms with Gasteiger partial charge in [0.2, 0.25) is 0 Å². The van der Waals surface area contributed by atoms with Crippen molar-refractivity contribution in [2.75, 3.05) is 5.06 Å². The fraction of sp³-hybridized carbons (Fsp3) is 0. The minimum atomic E-state index is -0.378. The minimum absolute atomic E-state index is 0.378. The standard InChI is InChI=1S/C12H9F2NO/c13-9-1-5-11(6-2-9)15(16)12-7-3-10(14)4-8-12/h1-8,16H. The van der Waals surface area contributed by atoms with Crippen LogP contribution in [0.4, 0.5) is 20.2 Å². The summed E-state index contributed by atoms with van der Waals surface area (Å²) in [4.78, 5) is 0. The van der Waals surface area contributed by atoms with Gasteiger partial charge in [-0.1, -0.05) is 0 Å². The summed E-state index contributed by atoms with van der Waals surface area (Å²) in [6.07, 6.45) is 0. The average molecular weight is 221 g/mol. The second-order valence-corrected chi connectivity index (χ2v) is 3.26. The van der Waals surface area contributed by atoms with Gasteiger partial charge in [-0.25, -0.2) is 13.8 Å². The van der Waals surface area contributed by atoms with Gasteiger partial charge in [0.1, 0.15) is 11.6 Å². The topological polar surface area (TPSA) is 23.5 Å². The second-order valence-electron chi connectivity index (χ2n) is 3.26. The van der Waals surface area contributed by atoms with Crippen molar-refractivity contribution in [3.05, 3.63) is 60.2 Å². The number of nitrogens with zero attached hydrogens (tertiary/aromatic N) is 1. The molecule has 0 aromatic heterocycles. The molecule has 0 bridgehead atoms. The monoisotopic (exact) mass is 221 g/mol. The summed E-state index contributed by atoms with van der Waals surface area (Å²) in [7, 11) is 0. The van der Waals surface area contributed by atoms with E-state index in [4.69, 9.17) is 0 Å². The fourth-order valence-corrected chi connectivity index (χ4v) is 1.31. The number of rotatable bonds is 2. The molecule has 4 heteroatoms. The van der Waals surface area contributed by atoms with E-state index >= 15 is 0 Å². The van der Waals surface area contributed by atoms with E-state index in [9.17, 15) is 14.0 Å². The van der Waals surface area contributed by atoms with E-state index in [1.807, 2.05) is 0 Å². The molecule has 0 aliphatic heterocycles. The first kappa shape index (κ1) is 10.6. The van der Waals surface area contributed by atoms with Gasteiger partial charge in [-0.3, -0.25) is 5.21 Å². The molecule has 0 fully saturated rings. The van der Waals surface area contributed by atoms with Gasteiger partial charge in [0.05, 0.1) is 11.4 Å². The summed E-state index contributed by atoms with van der Waals surface area (Å²) in [6, 6.07) is 10.7. The SMILES string of the molecule is ON(c1ccc(F)cc1)c1ccc(F)cc1. The molecule has 0 unspecified atom stereocenters. The number of hydrogen-bond donors (Lipinski definition) is 1. The normalized spacial score (nSPS) is 10.2. The third-order valence-corrected chi connectivity index (χ3v) is 2.14. The molecule has 0 aliphatic rings. The Labute approximate surface area is 91.3 Å². The molecule has 2 aromatic rings. The van der Waals surface area contributed by atoms with Crippen LogP contribution < -0.4 is 5.06 Å². The lowest BCUT2D eigenvalue weighted by molar-refractivity contribution is 0.301. The first-order valence-corrected chi connectivity index (χ1v) is 4.67. The summed E-state index contributed by atoms with van der Waals surface area (Å²) >= 11 is 0. The Morgan fingerprint density at radius 2 is 1.00 bits per heavy atom. The van der Waals surface area contributed by atoms with E-state index in [1.165, 1.54) is 48.5 Å². The van der Waals surface area contributed by atoms with Gasteiger partial charge < -0.3 is 0 Å². The van der Waals surface area contributed by atoms with Crippen LogP contribution in [0, 0.1) is 11.6 Å². The molecule has 0 radical (unpaired) electrons. The zero-order valence-electron chi connectivity index (χ0n) is 8.27. The molecule has 0 saturated heterocycles. The minimum Gasteiger partial charge on any atom is -0.284 e. The summed E-state index contributed by atoms with van der Waals surface area (Å²) in [6.45, 7) is 0. The van der Waals surface area contributed by atoms with Gasteiger partial charge in [0, 0.05) is 0 Å². The molecule has 2 rings (SSSR count). The van der Waals surface area contributed by atoms with Crippen molar-refractivity contribution in [3.63, 3.8) is 0 Å². The van der Waals surface area contributed by atoms with E-state index in [0.717, 1.165) is 5.06 Å². The molecule has 0 amide bonds. The third kappa shape index (κ3) is 2.17. The number of anilines is 2. The van der Waals surface area contributed by atoms with Crippen LogP contribution in [0.15, 0.2) is 48.5 Å². The molecule has 0 spiro atoms. The lowest BCUT2D eigenvalue weighted by atomic mass is 10.2. The predicted octanol–water partition coefficient (Wildman–Crippen LogP) is 3.49. The lowest BCUT2D eigenvalue weighted by Gasteiger charge is -2.16. The summed E-state index contributed by atoms with van der Waals surface area (Å²) < 4.78 is 25.3. The molecule has 82 valence electrons. The highest BCUT2D eigenvalue weighted by molar-refractivity contribution is 5.59. The number of hydrogen-bond acceptors (Lipinski definition) is 2. The zero-order chi connectivity index (χ0) is 11.5. The molecule has 1 N–H and O–H groups in total. The molecule has 2 nitrogen and oxygen atoms in total. The lowest BCUT2D eigenvalue weighted by Crippen LogP contribution is -2.10. The third-order valence-electron chi connectivity index (χ3n) is 2.14. The zero-order valence-corrected chi connectivity index (χ0v) is 8.27. The van der Waals surface area contributed by atoms with Crippen LogP contribution in [0.3, 0.4) is 0 Å². The molecular formula is C12H9F2NO. The van der Waals surface area contributed by atoms with Crippen molar-refractivity contribution in [1.82, 2.24) is 0 Å². The highest BCUT2D eigenvalue weighted by Gasteiger charge is 2.05. The van der Waals surface area contributed by atoms with Crippen LogP contribution in [-0.4, -0.2) is 5.21 Å². The van der Waals surface area contributed by atoms with Gasteiger partial charge in [0.15, 0.2) is 0 Å². The van der Waals surface area contributed by atoms with E-state index in [2.05, 4.69) is 0 Å². The van der Waals surface area contributed by atoms with Crippen LogP contribution in [-0.2, 0) is 0 Å². The first-order chi connectivity index (χ1) is 7.66.